The van der Waals surface area contributed by atoms with E-state index in [-0.39, 0.29) is 18.1 Å². The second-order valence-electron chi connectivity index (χ2n) is 6.27. The van der Waals surface area contributed by atoms with E-state index in [0.717, 1.165) is 23.5 Å². The zero-order valence-electron chi connectivity index (χ0n) is 14.6. The van der Waals surface area contributed by atoms with E-state index < -0.39 is 0 Å². The van der Waals surface area contributed by atoms with Crippen LogP contribution < -0.4 is 10.6 Å². The summed E-state index contributed by atoms with van der Waals surface area (Å²) in [6.07, 6.45) is 0.216. The molecule has 1 amide bonds. The van der Waals surface area contributed by atoms with Gasteiger partial charge in [-0.1, -0.05) is 42.0 Å². The maximum atomic E-state index is 12.9. The Balaban J connectivity index is 1.52. The predicted octanol–water partition coefficient (Wildman–Crippen LogP) is 4.93. The quantitative estimate of drug-likeness (QED) is 0.663. The fourth-order valence-corrected chi connectivity index (χ4v) is 2.69. The summed E-state index contributed by atoms with van der Waals surface area (Å²) in [5.41, 5.74) is 4.96. The van der Waals surface area contributed by atoms with Crippen LogP contribution in [0.15, 0.2) is 72.8 Å². The summed E-state index contributed by atoms with van der Waals surface area (Å²) in [7, 11) is 0. The predicted molar refractivity (Wildman–Crippen MR) is 104 cm³/mol. The molecule has 0 fully saturated rings. The van der Waals surface area contributed by atoms with E-state index in [1.807, 2.05) is 30.3 Å². The van der Waals surface area contributed by atoms with E-state index >= 15 is 0 Å². The highest BCUT2D eigenvalue weighted by Crippen LogP contribution is 2.15. The zero-order chi connectivity index (χ0) is 18.4. The van der Waals surface area contributed by atoms with Gasteiger partial charge >= 0.3 is 0 Å². The minimum Gasteiger partial charge on any atom is -0.381 e. The molecule has 0 aliphatic heterocycles. The topological polar surface area (TPSA) is 41.1 Å². The van der Waals surface area contributed by atoms with Gasteiger partial charge in [0.05, 0.1) is 6.42 Å². The highest BCUT2D eigenvalue weighted by atomic mass is 19.1. The van der Waals surface area contributed by atoms with E-state index in [2.05, 4.69) is 35.8 Å². The SMILES string of the molecule is Cc1cccc(CNc2ccc(NC(=O)Cc3ccc(F)cc3)cc2)c1. The first kappa shape index (κ1) is 17.7. The summed E-state index contributed by atoms with van der Waals surface area (Å²) in [5.74, 6) is -0.431. The largest absolute Gasteiger partial charge is 0.381 e. The van der Waals surface area contributed by atoms with Crippen LogP contribution in [0.1, 0.15) is 16.7 Å². The molecule has 0 radical (unpaired) electrons. The van der Waals surface area contributed by atoms with Crippen LogP contribution in [0, 0.1) is 12.7 Å². The van der Waals surface area contributed by atoms with Crippen LogP contribution in [0.25, 0.3) is 0 Å². The maximum Gasteiger partial charge on any atom is 0.228 e. The molecule has 4 heteroatoms. The smallest absolute Gasteiger partial charge is 0.228 e. The number of hydrogen-bond donors (Lipinski definition) is 2. The van der Waals surface area contributed by atoms with Crippen molar-refractivity contribution in [2.75, 3.05) is 10.6 Å². The van der Waals surface area contributed by atoms with Gasteiger partial charge in [-0.15, -0.1) is 0 Å². The van der Waals surface area contributed by atoms with Crippen LogP contribution >= 0.6 is 0 Å². The van der Waals surface area contributed by atoms with Crippen molar-refractivity contribution in [1.82, 2.24) is 0 Å². The van der Waals surface area contributed by atoms with Crippen molar-refractivity contribution < 1.29 is 9.18 Å². The fourth-order valence-electron chi connectivity index (χ4n) is 2.69. The number of carbonyl (C=O) groups excluding carboxylic acids is 1. The molecule has 26 heavy (non-hydrogen) atoms. The molecular formula is C22H21FN2O. The van der Waals surface area contributed by atoms with Crippen molar-refractivity contribution in [3.63, 3.8) is 0 Å². The number of hydrogen-bond acceptors (Lipinski definition) is 2. The number of benzene rings is 3. The monoisotopic (exact) mass is 348 g/mol. The van der Waals surface area contributed by atoms with E-state index in [4.69, 9.17) is 0 Å². The molecule has 2 N–H and O–H groups in total. The van der Waals surface area contributed by atoms with Gasteiger partial charge in [0, 0.05) is 17.9 Å². The summed E-state index contributed by atoms with van der Waals surface area (Å²) in [6, 6.07) is 21.9. The van der Waals surface area contributed by atoms with E-state index in [1.165, 1.54) is 23.3 Å². The number of carbonyl (C=O) groups is 1. The van der Waals surface area contributed by atoms with Crippen LogP contribution in [0.3, 0.4) is 0 Å². The zero-order valence-corrected chi connectivity index (χ0v) is 14.6. The molecule has 0 heterocycles. The van der Waals surface area contributed by atoms with Crippen LogP contribution in [0.5, 0.6) is 0 Å². The van der Waals surface area contributed by atoms with Gasteiger partial charge < -0.3 is 10.6 Å². The summed E-state index contributed by atoms with van der Waals surface area (Å²) in [4.78, 5) is 12.1. The van der Waals surface area contributed by atoms with Crippen LogP contribution in [-0.2, 0) is 17.8 Å². The molecule has 0 aliphatic carbocycles. The number of aryl methyl sites for hydroxylation is 1. The lowest BCUT2D eigenvalue weighted by Gasteiger charge is -2.09. The number of amides is 1. The Bertz CT molecular complexity index is 873. The normalized spacial score (nSPS) is 10.4. The summed E-state index contributed by atoms with van der Waals surface area (Å²) in [6.45, 7) is 2.82. The van der Waals surface area contributed by atoms with Crippen LogP contribution in [0.2, 0.25) is 0 Å². The van der Waals surface area contributed by atoms with Crippen molar-refractivity contribution in [1.29, 1.82) is 0 Å². The molecule has 0 saturated carbocycles. The highest BCUT2D eigenvalue weighted by Gasteiger charge is 2.04. The molecule has 0 saturated heterocycles. The van der Waals surface area contributed by atoms with Crippen LogP contribution in [-0.4, -0.2) is 5.91 Å². The number of anilines is 2. The van der Waals surface area contributed by atoms with E-state index in [1.54, 1.807) is 12.1 Å². The van der Waals surface area contributed by atoms with Crippen molar-refractivity contribution in [3.8, 4) is 0 Å². The summed E-state index contributed by atoms with van der Waals surface area (Å²) >= 11 is 0. The van der Waals surface area contributed by atoms with Crippen molar-refractivity contribution in [3.05, 3.63) is 95.3 Å². The van der Waals surface area contributed by atoms with Gasteiger partial charge in [0.1, 0.15) is 5.82 Å². The Labute approximate surface area is 152 Å². The molecule has 3 aromatic rings. The molecule has 0 spiro atoms. The van der Waals surface area contributed by atoms with Crippen molar-refractivity contribution in [2.45, 2.75) is 19.9 Å². The molecule has 3 aromatic carbocycles. The van der Waals surface area contributed by atoms with Gasteiger partial charge in [-0.05, 0) is 54.4 Å². The Morgan fingerprint density at radius 3 is 2.27 bits per heavy atom. The number of nitrogens with one attached hydrogen (secondary N) is 2. The Kier molecular flexibility index (Phi) is 5.64. The third-order valence-electron chi connectivity index (χ3n) is 4.03. The molecule has 0 bridgehead atoms. The first-order valence-corrected chi connectivity index (χ1v) is 8.52. The van der Waals surface area contributed by atoms with E-state index in [0.29, 0.717) is 0 Å². The minimum absolute atomic E-state index is 0.128. The molecule has 0 atom stereocenters. The maximum absolute atomic E-state index is 12.9. The lowest BCUT2D eigenvalue weighted by molar-refractivity contribution is -0.115. The van der Waals surface area contributed by atoms with Gasteiger partial charge in [0.25, 0.3) is 0 Å². The van der Waals surface area contributed by atoms with E-state index in [9.17, 15) is 9.18 Å². The first-order valence-electron chi connectivity index (χ1n) is 8.52. The molecule has 132 valence electrons. The second-order valence-corrected chi connectivity index (χ2v) is 6.27. The molecule has 0 aromatic heterocycles. The summed E-state index contributed by atoms with van der Waals surface area (Å²) < 4.78 is 12.9. The third-order valence-corrected chi connectivity index (χ3v) is 4.03. The number of rotatable bonds is 6. The van der Waals surface area contributed by atoms with Gasteiger partial charge in [-0.25, -0.2) is 4.39 Å². The standard InChI is InChI=1S/C22H21FN2O/c1-16-3-2-4-18(13-16)15-24-20-9-11-21(12-10-20)25-22(26)14-17-5-7-19(23)8-6-17/h2-13,24H,14-15H2,1H3,(H,25,26). The molecule has 0 aliphatic rings. The molecule has 3 rings (SSSR count). The lowest BCUT2D eigenvalue weighted by atomic mass is 10.1. The Morgan fingerprint density at radius 2 is 1.58 bits per heavy atom. The fraction of sp³-hybridized carbons (Fsp3) is 0.136. The van der Waals surface area contributed by atoms with Crippen molar-refractivity contribution >= 4 is 17.3 Å². The van der Waals surface area contributed by atoms with Crippen molar-refractivity contribution in [2.24, 2.45) is 0 Å². The van der Waals surface area contributed by atoms with Gasteiger partial charge in [-0.2, -0.15) is 0 Å². The third kappa shape index (κ3) is 5.18. The lowest BCUT2D eigenvalue weighted by Crippen LogP contribution is -2.14. The number of halogens is 1. The van der Waals surface area contributed by atoms with Gasteiger partial charge in [0.2, 0.25) is 5.91 Å². The van der Waals surface area contributed by atoms with Gasteiger partial charge in [0.15, 0.2) is 0 Å². The summed E-state index contributed by atoms with van der Waals surface area (Å²) in [5, 5.41) is 6.22. The Morgan fingerprint density at radius 1 is 0.885 bits per heavy atom. The van der Waals surface area contributed by atoms with Gasteiger partial charge in [-0.3, -0.25) is 4.79 Å². The molecular weight excluding hydrogens is 327 g/mol. The Hall–Kier alpha value is -3.14. The second kappa shape index (κ2) is 8.30. The highest BCUT2D eigenvalue weighted by molar-refractivity contribution is 5.92. The minimum atomic E-state index is -0.303. The first-order chi connectivity index (χ1) is 12.6. The average Bonchev–Trinajstić information content (AvgIpc) is 2.63. The molecule has 3 nitrogen and oxygen atoms in total. The average molecular weight is 348 g/mol. The van der Waals surface area contributed by atoms with Crippen LogP contribution in [0.4, 0.5) is 15.8 Å². The molecule has 0 unspecified atom stereocenters.